The minimum absolute atomic E-state index is 0.0438. The third kappa shape index (κ3) is 3.47. The van der Waals surface area contributed by atoms with Crippen molar-refractivity contribution in [1.82, 2.24) is 4.90 Å². The van der Waals surface area contributed by atoms with Crippen molar-refractivity contribution < 1.29 is 27.8 Å². The van der Waals surface area contributed by atoms with E-state index < -0.39 is 0 Å². The fourth-order valence-electron chi connectivity index (χ4n) is 4.06. The van der Waals surface area contributed by atoms with E-state index in [1.54, 1.807) is 12.1 Å². The number of carbonyl (C=O) groups is 1. The van der Waals surface area contributed by atoms with E-state index in [-0.39, 0.29) is 43.5 Å². The van der Waals surface area contributed by atoms with Gasteiger partial charge in [0.2, 0.25) is 0 Å². The zero-order valence-electron chi connectivity index (χ0n) is 15.5. The van der Waals surface area contributed by atoms with Crippen LogP contribution < -0.4 is 9.47 Å². The molecule has 2 atom stereocenters. The first-order chi connectivity index (χ1) is 13.6. The fraction of sp³-hybridized carbons (Fsp3) is 0.381. The highest BCUT2D eigenvalue weighted by Crippen LogP contribution is 2.43. The molecule has 4 rings (SSSR count). The molecule has 2 aliphatic heterocycles. The van der Waals surface area contributed by atoms with Crippen LogP contribution in [-0.4, -0.2) is 38.2 Å². The van der Waals surface area contributed by atoms with Gasteiger partial charge in [-0.15, -0.1) is 0 Å². The van der Waals surface area contributed by atoms with E-state index in [2.05, 4.69) is 0 Å². The molecule has 0 radical (unpaired) electrons. The van der Waals surface area contributed by atoms with Crippen LogP contribution in [0.25, 0.3) is 0 Å². The molecule has 0 aromatic heterocycles. The lowest BCUT2D eigenvalue weighted by atomic mass is 9.92. The topological polar surface area (TPSA) is 48.0 Å². The van der Waals surface area contributed by atoms with Crippen LogP contribution in [0.15, 0.2) is 30.3 Å². The molecule has 0 aliphatic carbocycles. The maximum atomic E-state index is 14.6. The van der Waals surface area contributed by atoms with Crippen molar-refractivity contribution in [1.29, 1.82) is 0 Å². The van der Waals surface area contributed by atoms with E-state index in [1.165, 1.54) is 19.2 Å². The molecule has 2 aromatic carbocycles. The highest BCUT2D eigenvalue weighted by molar-refractivity contribution is 5.52. The van der Waals surface area contributed by atoms with Crippen molar-refractivity contribution in [3.05, 3.63) is 58.7 Å². The number of carbonyl (C=O) groups excluding carboxylic acids is 1. The first-order valence-corrected chi connectivity index (χ1v) is 9.14. The van der Waals surface area contributed by atoms with Gasteiger partial charge in [-0.05, 0) is 36.1 Å². The van der Waals surface area contributed by atoms with Gasteiger partial charge in [-0.3, -0.25) is 4.90 Å². The Labute approximate surface area is 161 Å². The van der Waals surface area contributed by atoms with Crippen LogP contribution >= 0.6 is 0 Å². The van der Waals surface area contributed by atoms with Crippen LogP contribution in [0.5, 0.6) is 11.5 Å². The molecular formula is C21H21F2NO4. The van der Waals surface area contributed by atoms with E-state index in [0.29, 0.717) is 35.6 Å². The van der Waals surface area contributed by atoms with Crippen LogP contribution in [-0.2, 0) is 16.1 Å². The second-order valence-electron chi connectivity index (χ2n) is 7.05. The van der Waals surface area contributed by atoms with Gasteiger partial charge in [-0.1, -0.05) is 6.07 Å². The van der Waals surface area contributed by atoms with Crippen molar-refractivity contribution in [2.75, 3.05) is 27.0 Å². The number of ether oxygens (including phenoxy) is 3. The molecule has 5 nitrogen and oxygen atoms in total. The monoisotopic (exact) mass is 389 g/mol. The summed E-state index contributed by atoms with van der Waals surface area (Å²) in [6, 6.07) is 7.79. The van der Waals surface area contributed by atoms with Gasteiger partial charge in [0.25, 0.3) is 0 Å². The van der Waals surface area contributed by atoms with E-state index in [4.69, 9.17) is 14.2 Å². The maximum absolute atomic E-state index is 14.6. The molecule has 7 heteroatoms. The Morgan fingerprint density at radius 3 is 2.86 bits per heavy atom. The van der Waals surface area contributed by atoms with Gasteiger partial charge in [0.15, 0.2) is 6.79 Å². The summed E-state index contributed by atoms with van der Waals surface area (Å²) < 4.78 is 44.8. The molecule has 28 heavy (non-hydrogen) atoms. The normalized spacial score (nSPS) is 21.8. The molecule has 0 unspecified atom stereocenters. The van der Waals surface area contributed by atoms with Gasteiger partial charge < -0.3 is 19.0 Å². The van der Waals surface area contributed by atoms with Crippen LogP contribution in [0, 0.1) is 11.6 Å². The number of rotatable bonds is 5. The second kappa shape index (κ2) is 7.85. The first-order valence-electron chi connectivity index (χ1n) is 9.14. The number of hydrogen-bond donors (Lipinski definition) is 0. The van der Waals surface area contributed by atoms with Crippen LogP contribution in [0.4, 0.5) is 8.78 Å². The van der Waals surface area contributed by atoms with Gasteiger partial charge in [0, 0.05) is 24.2 Å². The predicted octanol–water partition coefficient (Wildman–Crippen LogP) is 3.57. The molecule has 2 heterocycles. The number of methoxy groups -OCH3 is 1. The highest BCUT2D eigenvalue weighted by Gasteiger charge is 2.36. The number of likely N-dealkylation sites (tertiary alicyclic amines) is 1. The summed E-state index contributed by atoms with van der Waals surface area (Å²) in [5.74, 6) is 0.139. The molecule has 2 aromatic rings. The van der Waals surface area contributed by atoms with E-state index in [9.17, 15) is 13.6 Å². The molecule has 1 fully saturated rings. The Kier molecular flexibility index (Phi) is 5.28. The molecule has 148 valence electrons. The number of nitrogens with zero attached hydrogens (tertiary/aromatic N) is 1. The average molecular weight is 389 g/mol. The van der Waals surface area contributed by atoms with Crippen LogP contribution in [0.3, 0.4) is 0 Å². The van der Waals surface area contributed by atoms with Gasteiger partial charge in [-0.2, -0.15) is 0 Å². The minimum atomic E-state index is -0.377. The third-order valence-corrected chi connectivity index (χ3v) is 5.47. The number of halogens is 2. The summed E-state index contributed by atoms with van der Waals surface area (Å²) in [5, 5.41) is 0. The molecule has 0 spiro atoms. The zero-order chi connectivity index (χ0) is 19.7. The number of hydrogen-bond acceptors (Lipinski definition) is 5. The van der Waals surface area contributed by atoms with Crippen LogP contribution in [0.1, 0.15) is 35.1 Å². The summed E-state index contributed by atoms with van der Waals surface area (Å²) in [5.41, 5.74) is 1.70. The van der Waals surface area contributed by atoms with Crippen molar-refractivity contribution in [3.63, 3.8) is 0 Å². The van der Waals surface area contributed by atoms with E-state index >= 15 is 0 Å². The molecular weight excluding hydrogens is 368 g/mol. The predicted molar refractivity (Wildman–Crippen MR) is 97.4 cm³/mol. The summed E-state index contributed by atoms with van der Waals surface area (Å²) in [6.07, 6.45) is 1.39. The van der Waals surface area contributed by atoms with Crippen LogP contribution in [0.2, 0.25) is 0 Å². The summed E-state index contributed by atoms with van der Waals surface area (Å²) in [6.45, 7) is 0.995. The Bertz CT molecular complexity index is 889. The lowest BCUT2D eigenvalue weighted by Gasteiger charge is -2.22. The Morgan fingerprint density at radius 1 is 1.25 bits per heavy atom. The molecule has 0 N–H and O–H groups in total. The summed E-state index contributed by atoms with van der Waals surface area (Å²) in [7, 11) is 1.48. The van der Waals surface area contributed by atoms with Crippen molar-refractivity contribution in [2.45, 2.75) is 25.0 Å². The SMILES string of the molecule is COc1ccc([C@H]2C[C@@H](c3cc(F)c4c(c3)OCOC4)CN2CC=O)c(F)c1. The van der Waals surface area contributed by atoms with E-state index in [1.807, 2.05) is 11.0 Å². The average Bonchev–Trinajstić information content (AvgIpc) is 3.12. The fourth-order valence-corrected chi connectivity index (χ4v) is 4.06. The second-order valence-corrected chi connectivity index (χ2v) is 7.05. The third-order valence-electron chi connectivity index (χ3n) is 5.47. The van der Waals surface area contributed by atoms with Gasteiger partial charge in [0.05, 0.1) is 25.8 Å². The van der Waals surface area contributed by atoms with Crippen molar-refractivity contribution in [2.24, 2.45) is 0 Å². The first kappa shape index (κ1) is 18.8. The lowest BCUT2D eigenvalue weighted by molar-refractivity contribution is -0.109. The minimum Gasteiger partial charge on any atom is -0.497 e. The van der Waals surface area contributed by atoms with Gasteiger partial charge in [-0.25, -0.2) is 8.78 Å². The van der Waals surface area contributed by atoms with Gasteiger partial charge >= 0.3 is 0 Å². The molecule has 0 bridgehead atoms. The quantitative estimate of drug-likeness (QED) is 0.732. The molecule has 2 aliphatic rings. The Balaban J connectivity index is 1.64. The Hall–Kier alpha value is -2.51. The zero-order valence-corrected chi connectivity index (χ0v) is 15.5. The maximum Gasteiger partial charge on any atom is 0.189 e. The number of fused-ring (bicyclic) bond motifs is 1. The molecule has 0 saturated carbocycles. The number of aldehydes is 1. The van der Waals surface area contributed by atoms with Gasteiger partial charge in [0.1, 0.15) is 29.4 Å². The highest BCUT2D eigenvalue weighted by atomic mass is 19.1. The molecule has 1 saturated heterocycles. The van der Waals surface area contributed by atoms with E-state index in [0.717, 1.165) is 11.8 Å². The number of benzene rings is 2. The van der Waals surface area contributed by atoms with Crippen molar-refractivity contribution in [3.8, 4) is 11.5 Å². The van der Waals surface area contributed by atoms with Crippen molar-refractivity contribution >= 4 is 6.29 Å². The summed E-state index contributed by atoms with van der Waals surface area (Å²) >= 11 is 0. The summed E-state index contributed by atoms with van der Waals surface area (Å²) in [4.78, 5) is 13.1. The lowest BCUT2D eigenvalue weighted by Crippen LogP contribution is -2.26. The standard InChI is InChI=1S/C21H21F2NO4/c1-26-15-2-3-16(19(23)9-15)20-7-14(10-24(20)4-5-25)13-6-18(22)17-11-27-12-28-21(17)8-13/h2-3,5-6,8-9,14,20H,4,7,10-12H2,1H3/t14-,20-/m1/s1. The molecule has 0 amide bonds. The smallest absolute Gasteiger partial charge is 0.189 e. The Morgan fingerprint density at radius 2 is 2.11 bits per heavy atom. The largest absolute Gasteiger partial charge is 0.497 e.